The molecule has 0 aliphatic carbocycles. The molecule has 2 rings (SSSR count). The number of nitrogens with two attached hydrogens (primary N) is 1. The van der Waals surface area contributed by atoms with Crippen molar-refractivity contribution in [2.75, 3.05) is 0 Å². The Labute approximate surface area is 135 Å². The van der Waals surface area contributed by atoms with Crippen LogP contribution in [0.2, 0.25) is 0 Å². The van der Waals surface area contributed by atoms with Crippen LogP contribution in [0, 0.1) is 10.1 Å². The van der Waals surface area contributed by atoms with Crippen LogP contribution in [0.25, 0.3) is 0 Å². The van der Waals surface area contributed by atoms with Crippen LogP contribution in [0.5, 0.6) is 5.75 Å². The first-order valence-electron chi connectivity index (χ1n) is 6.61. The number of hydrogen-bond acceptors (Lipinski definition) is 6. The molecule has 0 aliphatic heterocycles. The largest absolute Gasteiger partial charge is 0.423 e. The van der Waals surface area contributed by atoms with E-state index < -0.39 is 16.9 Å². The summed E-state index contributed by atoms with van der Waals surface area (Å²) >= 11 is 0. The summed E-state index contributed by atoms with van der Waals surface area (Å²) < 4.78 is 5.14. The van der Waals surface area contributed by atoms with Crippen LogP contribution in [-0.4, -0.2) is 23.1 Å². The van der Waals surface area contributed by atoms with E-state index in [-0.39, 0.29) is 17.0 Å². The van der Waals surface area contributed by atoms with E-state index in [9.17, 15) is 19.7 Å². The van der Waals surface area contributed by atoms with Gasteiger partial charge in [0.1, 0.15) is 5.75 Å². The highest BCUT2D eigenvalue weighted by molar-refractivity contribution is 5.91. The van der Waals surface area contributed by atoms with Gasteiger partial charge in [0.2, 0.25) is 0 Å². The van der Waals surface area contributed by atoms with E-state index in [1.807, 2.05) is 5.43 Å². The number of non-ortho nitro benzene ring substituents is 1. The van der Waals surface area contributed by atoms with E-state index in [2.05, 4.69) is 5.10 Å². The molecule has 9 heteroatoms. The second-order valence-corrected chi connectivity index (χ2v) is 4.50. The average molecular weight is 328 g/mol. The molecular formula is C15H12N4O5. The molecule has 0 atom stereocenters. The molecule has 0 radical (unpaired) electrons. The van der Waals surface area contributed by atoms with Gasteiger partial charge in [-0.2, -0.15) is 5.10 Å². The third-order valence-corrected chi connectivity index (χ3v) is 2.77. The number of carbonyl (C=O) groups is 2. The molecule has 3 N–H and O–H groups in total. The smallest absolute Gasteiger partial charge is 0.343 e. The Kier molecular flexibility index (Phi) is 5.19. The van der Waals surface area contributed by atoms with Gasteiger partial charge in [-0.3, -0.25) is 10.1 Å². The Morgan fingerprint density at radius 3 is 2.54 bits per heavy atom. The van der Waals surface area contributed by atoms with Gasteiger partial charge in [-0.1, -0.05) is 6.07 Å². The number of hydrogen-bond donors (Lipinski definition) is 2. The predicted octanol–water partition coefficient (Wildman–Crippen LogP) is 1.82. The van der Waals surface area contributed by atoms with Crippen LogP contribution in [0.4, 0.5) is 10.5 Å². The summed E-state index contributed by atoms with van der Waals surface area (Å²) in [5.41, 5.74) is 7.41. The highest BCUT2D eigenvalue weighted by Crippen LogP contribution is 2.17. The number of primary amides is 1. The molecule has 2 aromatic rings. The Bertz CT molecular complexity index is 802. The molecule has 2 aromatic carbocycles. The van der Waals surface area contributed by atoms with Gasteiger partial charge in [-0.05, 0) is 35.9 Å². The van der Waals surface area contributed by atoms with Crippen LogP contribution < -0.4 is 15.9 Å². The zero-order valence-electron chi connectivity index (χ0n) is 12.2. The lowest BCUT2D eigenvalue weighted by molar-refractivity contribution is -0.384. The Balaban J connectivity index is 2.04. The highest BCUT2D eigenvalue weighted by atomic mass is 16.6. The first-order valence-corrected chi connectivity index (χ1v) is 6.61. The third kappa shape index (κ3) is 4.63. The lowest BCUT2D eigenvalue weighted by Crippen LogP contribution is -2.24. The summed E-state index contributed by atoms with van der Waals surface area (Å²) in [4.78, 5) is 32.6. The number of nitrogens with one attached hydrogen (secondary N) is 1. The van der Waals surface area contributed by atoms with Crippen molar-refractivity contribution in [1.82, 2.24) is 5.43 Å². The van der Waals surface area contributed by atoms with Crippen molar-refractivity contribution >= 4 is 23.9 Å². The summed E-state index contributed by atoms with van der Waals surface area (Å²) in [6.45, 7) is 0. The average Bonchev–Trinajstić information content (AvgIpc) is 2.56. The van der Waals surface area contributed by atoms with Crippen molar-refractivity contribution in [3.8, 4) is 5.75 Å². The molecular weight excluding hydrogens is 316 g/mol. The molecule has 0 saturated carbocycles. The van der Waals surface area contributed by atoms with Gasteiger partial charge in [-0.15, -0.1) is 0 Å². The molecule has 0 saturated heterocycles. The second kappa shape index (κ2) is 7.49. The number of esters is 1. The van der Waals surface area contributed by atoms with Crippen molar-refractivity contribution in [3.05, 3.63) is 69.8 Å². The maximum atomic E-state index is 12.0. The third-order valence-electron chi connectivity index (χ3n) is 2.77. The summed E-state index contributed by atoms with van der Waals surface area (Å²) in [6, 6.07) is 10.7. The zero-order valence-corrected chi connectivity index (χ0v) is 12.2. The molecule has 0 fully saturated rings. The summed E-state index contributed by atoms with van der Waals surface area (Å²) in [7, 11) is 0. The van der Waals surface area contributed by atoms with Gasteiger partial charge in [0.15, 0.2) is 0 Å². The lowest BCUT2D eigenvalue weighted by atomic mass is 10.2. The standard InChI is InChI=1S/C15H12N4O5/c16-15(21)18-17-9-10-4-6-13(7-5-10)24-14(20)11-2-1-3-12(8-11)19(22)23/h1-9H,(H3,16,18,21)/b17-9+. The number of nitro groups is 1. The number of hydrazone groups is 1. The number of urea groups is 1. The molecule has 0 unspecified atom stereocenters. The van der Waals surface area contributed by atoms with Crippen molar-refractivity contribution < 1.29 is 19.2 Å². The molecule has 24 heavy (non-hydrogen) atoms. The monoisotopic (exact) mass is 328 g/mol. The fraction of sp³-hybridized carbons (Fsp3) is 0. The highest BCUT2D eigenvalue weighted by Gasteiger charge is 2.13. The van der Waals surface area contributed by atoms with E-state index in [1.165, 1.54) is 36.5 Å². The van der Waals surface area contributed by atoms with Crippen LogP contribution in [0.15, 0.2) is 53.6 Å². The topological polar surface area (TPSA) is 137 Å². The first kappa shape index (κ1) is 16.6. The van der Waals surface area contributed by atoms with Gasteiger partial charge in [0, 0.05) is 12.1 Å². The Hall–Kier alpha value is -3.75. The quantitative estimate of drug-likeness (QED) is 0.283. The van der Waals surface area contributed by atoms with E-state index in [4.69, 9.17) is 10.5 Å². The van der Waals surface area contributed by atoms with Crippen LogP contribution in [0.1, 0.15) is 15.9 Å². The Morgan fingerprint density at radius 2 is 1.92 bits per heavy atom. The number of nitro benzene ring substituents is 1. The maximum absolute atomic E-state index is 12.0. The normalized spacial score (nSPS) is 10.3. The van der Waals surface area contributed by atoms with E-state index in [0.717, 1.165) is 6.07 Å². The molecule has 0 aliphatic rings. The predicted molar refractivity (Wildman–Crippen MR) is 84.8 cm³/mol. The SMILES string of the molecule is NC(=O)N/N=C/c1ccc(OC(=O)c2cccc([N+](=O)[O-])c2)cc1. The number of carbonyl (C=O) groups excluding carboxylic acids is 2. The fourth-order valence-electron chi connectivity index (χ4n) is 1.70. The summed E-state index contributed by atoms with van der Waals surface area (Å²) in [6.07, 6.45) is 1.36. The minimum atomic E-state index is -0.784. The molecule has 2 amide bonds. The molecule has 0 heterocycles. The minimum absolute atomic E-state index is 0.0699. The molecule has 0 bridgehead atoms. The van der Waals surface area contributed by atoms with Gasteiger partial charge >= 0.3 is 12.0 Å². The molecule has 0 spiro atoms. The number of ether oxygens (including phenoxy) is 1. The second-order valence-electron chi connectivity index (χ2n) is 4.50. The van der Waals surface area contributed by atoms with E-state index >= 15 is 0 Å². The summed E-state index contributed by atoms with van der Waals surface area (Å²) in [5, 5.41) is 14.3. The number of benzene rings is 2. The van der Waals surface area contributed by atoms with Gasteiger partial charge in [0.25, 0.3) is 5.69 Å². The van der Waals surface area contributed by atoms with Gasteiger partial charge in [-0.25, -0.2) is 15.0 Å². The van der Waals surface area contributed by atoms with E-state index in [1.54, 1.807) is 12.1 Å². The Morgan fingerprint density at radius 1 is 1.21 bits per heavy atom. The van der Waals surface area contributed by atoms with E-state index in [0.29, 0.717) is 5.56 Å². The first-order chi connectivity index (χ1) is 11.5. The van der Waals surface area contributed by atoms with Crippen LogP contribution in [0.3, 0.4) is 0 Å². The zero-order chi connectivity index (χ0) is 17.5. The van der Waals surface area contributed by atoms with Gasteiger partial charge < -0.3 is 10.5 Å². The molecule has 9 nitrogen and oxygen atoms in total. The number of nitrogens with zero attached hydrogens (tertiary/aromatic N) is 2. The molecule has 0 aromatic heterocycles. The lowest BCUT2D eigenvalue weighted by Gasteiger charge is -2.04. The van der Waals surface area contributed by atoms with Crippen molar-refractivity contribution in [2.45, 2.75) is 0 Å². The van der Waals surface area contributed by atoms with Crippen LogP contribution in [-0.2, 0) is 0 Å². The fourth-order valence-corrected chi connectivity index (χ4v) is 1.70. The number of amides is 2. The number of rotatable bonds is 5. The molecule has 122 valence electrons. The van der Waals surface area contributed by atoms with Crippen molar-refractivity contribution in [3.63, 3.8) is 0 Å². The summed E-state index contributed by atoms with van der Waals surface area (Å²) in [5.74, 6) is -0.456. The minimum Gasteiger partial charge on any atom is -0.423 e. The van der Waals surface area contributed by atoms with Gasteiger partial charge in [0.05, 0.1) is 16.7 Å². The van der Waals surface area contributed by atoms with Crippen molar-refractivity contribution in [2.24, 2.45) is 10.8 Å². The van der Waals surface area contributed by atoms with Crippen molar-refractivity contribution in [1.29, 1.82) is 0 Å². The maximum Gasteiger partial charge on any atom is 0.343 e. The van der Waals surface area contributed by atoms with Crippen LogP contribution >= 0.6 is 0 Å².